The zero-order chi connectivity index (χ0) is 12.0. The maximum absolute atomic E-state index is 11.7. The average Bonchev–Trinajstić information content (AvgIpc) is 2.33. The molecule has 1 N–H and O–H groups in total. The molecule has 88 valence electrons. The Hall–Kier alpha value is -1.39. The van der Waals surface area contributed by atoms with E-state index in [9.17, 15) is 4.79 Å². The van der Waals surface area contributed by atoms with Crippen LogP contribution in [0, 0.1) is 0 Å². The van der Waals surface area contributed by atoms with Crippen molar-refractivity contribution >= 4 is 11.6 Å². The third-order valence-corrected chi connectivity index (χ3v) is 2.48. The van der Waals surface area contributed by atoms with Crippen molar-refractivity contribution in [3.63, 3.8) is 0 Å². The highest BCUT2D eigenvalue weighted by Crippen LogP contribution is 2.15. The van der Waals surface area contributed by atoms with Gasteiger partial charge in [-0.05, 0) is 19.2 Å². The summed E-state index contributed by atoms with van der Waals surface area (Å²) in [6.45, 7) is 2.26. The number of anilines is 1. The zero-order valence-electron chi connectivity index (χ0n) is 9.76. The van der Waals surface area contributed by atoms with E-state index in [1.54, 1.807) is 0 Å². The third kappa shape index (κ3) is 3.05. The van der Waals surface area contributed by atoms with Crippen LogP contribution in [0.4, 0.5) is 5.69 Å². The van der Waals surface area contributed by atoms with Crippen molar-refractivity contribution in [3.05, 3.63) is 30.3 Å². The maximum atomic E-state index is 11.7. The Kier molecular flexibility index (Phi) is 4.95. The molecule has 16 heavy (non-hydrogen) atoms. The van der Waals surface area contributed by atoms with Gasteiger partial charge in [0, 0.05) is 25.9 Å². The van der Waals surface area contributed by atoms with Crippen LogP contribution in [0.5, 0.6) is 0 Å². The molecule has 0 aliphatic carbocycles. The van der Waals surface area contributed by atoms with Gasteiger partial charge in [0.2, 0.25) is 5.91 Å². The summed E-state index contributed by atoms with van der Waals surface area (Å²) in [5.41, 5.74) is 1.01. The topological polar surface area (TPSA) is 43.8 Å². The van der Waals surface area contributed by atoms with E-state index >= 15 is 0 Å². The second kappa shape index (κ2) is 6.25. The van der Waals surface area contributed by atoms with Crippen molar-refractivity contribution in [1.82, 2.24) is 4.90 Å². The lowest BCUT2D eigenvalue weighted by atomic mass is 10.2. The molecular formula is C12H18N2O2. The van der Waals surface area contributed by atoms with Crippen LogP contribution in [-0.4, -0.2) is 49.7 Å². The van der Waals surface area contributed by atoms with Crippen LogP contribution in [0.15, 0.2) is 30.3 Å². The molecule has 0 unspecified atom stereocenters. The molecule has 1 amide bonds. The molecule has 1 aliphatic rings. The molecule has 0 atom stereocenters. The van der Waals surface area contributed by atoms with Gasteiger partial charge in [0.05, 0.1) is 6.54 Å². The van der Waals surface area contributed by atoms with Gasteiger partial charge in [0.25, 0.3) is 0 Å². The normalized spacial score (nSPS) is 16.7. The molecule has 0 bridgehead atoms. The fourth-order valence-corrected chi connectivity index (χ4v) is 1.67. The van der Waals surface area contributed by atoms with Crippen LogP contribution in [0.3, 0.4) is 0 Å². The summed E-state index contributed by atoms with van der Waals surface area (Å²) in [5, 5.41) is 7.00. The summed E-state index contributed by atoms with van der Waals surface area (Å²) in [7, 11) is 2.97. The van der Waals surface area contributed by atoms with Crippen molar-refractivity contribution in [3.8, 4) is 0 Å². The van der Waals surface area contributed by atoms with E-state index in [0.29, 0.717) is 6.54 Å². The van der Waals surface area contributed by atoms with Gasteiger partial charge in [-0.3, -0.25) is 9.69 Å². The van der Waals surface area contributed by atoms with Gasteiger partial charge in [0.15, 0.2) is 0 Å². The van der Waals surface area contributed by atoms with Crippen LogP contribution in [-0.2, 0) is 4.79 Å². The number of aliphatic hydroxyl groups is 1. The Bertz CT molecular complexity index is 327. The summed E-state index contributed by atoms with van der Waals surface area (Å²) in [6.07, 6.45) is 0. The van der Waals surface area contributed by atoms with Gasteiger partial charge in [-0.25, -0.2) is 0 Å². The molecule has 4 heteroatoms. The number of carbonyl (C=O) groups is 1. The molecule has 1 saturated heterocycles. The minimum Gasteiger partial charge on any atom is -0.400 e. The molecule has 1 aromatic rings. The van der Waals surface area contributed by atoms with Crippen LogP contribution in [0.2, 0.25) is 0 Å². The molecule has 1 fully saturated rings. The van der Waals surface area contributed by atoms with Crippen molar-refractivity contribution < 1.29 is 9.90 Å². The first-order valence-electron chi connectivity index (χ1n) is 5.26. The smallest absolute Gasteiger partial charge is 0.241 e. The third-order valence-electron chi connectivity index (χ3n) is 2.48. The van der Waals surface area contributed by atoms with Gasteiger partial charge in [-0.1, -0.05) is 18.2 Å². The number of aliphatic hydroxyl groups excluding tert-OH is 1. The summed E-state index contributed by atoms with van der Waals surface area (Å²) in [4.78, 5) is 15.6. The first-order valence-corrected chi connectivity index (χ1v) is 5.26. The lowest BCUT2D eigenvalue weighted by Crippen LogP contribution is -2.48. The largest absolute Gasteiger partial charge is 0.400 e. The fourth-order valence-electron chi connectivity index (χ4n) is 1.67. The second-order valence-corrected chi connectivity index (χ2v) is 3.62. The minimum absolute atomic E-state index is 0.185. The lowest BCUT2D eigenvalue weighted by Gasteiger charge is -2.32. The molecule has 2 rings (SSSR count). The van der Waals surface area contributed by atoms with E-state index in [0.717, 1.165) is 25.9 Å². The minimum atomic E-state index is 0.185. The average molecular weight is 222 g/mol. The van der Waals surface area contributed by atoms with Gasteiger partial charge in [0.1, 0.15) is 0 Å². The van der Waals surface area contributed by atoms with Crippen molar-refractivity contribution in [1.29, 1.82) is 0 Å². The standard InChI is InChI=1S/C11H14N2O.CH4O/c1-12-7-8-13(11(14)9-12)10-5-3-2-4-6-10;1-2/h2-6H,7-9H2,1H3;2H,1H3. The molecule has 1 aromatic carbocycles. The Balaban J connectivity index is 0.000000606. The van der Waals surface area contributed by atoms with E-state index < -0.39 is 0 Å². The molecule has 4 nitrogen and oxygen atoms in total. The number of carbonyl (C=O) groups excluding carboxylic acids is 1. The van der Waals surface area contributed by atoms with Crippen LogP contribution in [0.25, 0.3) is 0 Å². The first-order chi connectivity index (χ1) is 7.77. The molecular weight excluding hydrogens is 204 g/mol. The lowest BCUT2D eigenvalue weighted by molar-refractivity contribution is -0.120. The van der Waals surface area contributed by atoms with E-state index in [4.69, 9.17) is 5.11 Å². The molecule has 1 heterocycles. The predicted molar refractivity (Wildman–Crippen MR) is 64.4 cm³/mol. The highest BCUT2D eigenvalue weighted by molar-refractivity contribution is 5.95. The zero-order valence-corrected chi connectivity index (χ0v) is 9.76. The van der Waals surface area contributed by atoms with E-state index in [1.807, 2.05) is 47.2 Å². The Morgan fingerprint density at radius 3 is 2.31 bits per heavy atom. The number of likely N-dealkylation sites (N-methyl/N-ethyl adjacent to an activating group) is 1. The summed E-state index contributed by atoms with van der Waals surface area (Å²) in [5.74, 6) is 0.185. The van der Waals surface area contributed by atoms with Crippen molar-refractivity contribution in [2.75, 3.05) is 38.7 Å². The van der Waals surface area contributed by atoms with Gasteiger partial charge >= 0.3 is 0 Å². The second-order valence-electron chi connectivity index (χ2n) is 3.62. The van der Waals surface area contributed by atoms with Crippen LogP contribution in [0.1, 0.15) is 0 Å². The number of hydrogen-bond acceptors (Lipinski definition) is 3. The SMILES string of the molecule is CN1CCN(c2ccccc2)C(=O)C1.CO. The van der Waals surface area contributed by atoms with Gasteiger partial charge in [-0.2, -0.15) is 0 Å². The van der Waals surface area contributed by atoms with Crippen LogP contribution < -0.4 is 4.90 Å². The Labute approximate surface area is 96.1 Å². The van der Waals surface area contributed by atoms with Crippen molar-refractivity contribution in [2.45, 2.75) is 0 Å². The highest BCUT2D eigenvalue weighted by atomic mass is 16.2. The summed E-state index contributed by atoms with van der Waals surface area (Å²) >= 11 is 0. The number of piperazine rings is 1. The molecule has 0 radical (unpaired) electrons. The number of rotatable bonds is 1. The van der Waals surface area contributed by atoms with Gasteiger partial charge in [-0.15, -0.1) is 0 Å². The van der Waals surface area contributed by atoms with Gasteiger partial charge < -0.3 is 10.0 Å². The Morgan fingerprint density at radius 2 is 1.75 bits per heavy atom. The highest BCUT2D eigenvalue weighted by Gasteiger charge is 2.22. The molecule has 1 aliphatic heterocycles. The van der Waals surface area contributed by atoms with E-state index in [1.165, 1.54) is 0 Å². The van der Waals surface area contributed by atoms with Crippen molar-refractivity contribution in [2.24, 2.45) is 0 Å². The monoisotopic (exact) mass is 222 g/mol. The Morgan fingerprint density at radius 1 is 1.12 bits per heavy atom. The fraction of sp³-hybridized carbons (Fsp3) is 0.417. The number of hydrogen-bond donors (Lipinski definition) is 1. The maximum Gasteiger partial charge on any atom is 0.241 e. The van der Waals surface area contributed by atoms with E-state index in [-0.39, 0.29) is 5.91 Å². The quantitative estimate of drug-likeness (QED) is 0.755. The number of benzene rings is 1. The molecule has 0 aromatic heterocycles. The van der Waals surface area contributed by atoms with Crippen LogP contribution >= 0.6 is 0 Å². The number of amides is 1. The summed E-state index contributed by atoms with van der Waals surface area (Å²) in [6, 6.07) is 9.83. The molecule has 0 spiro atoms. The van der Waals surface area contributed by atoms with E-state index in [2.05, 4.69) is 0 Å². The molecule has 0 saturated carbocycles. The number of nitrogens with zero attached hydrogens (tertiary/aromatic N) is 2. The predicted octanol–water partition coefficient (Wildman–Crippen LogP) is 0.573. The number of para-hydroxylation sites is 1. The first kappa shape index (κ1) is 12.7. The summed E-state index contributed by atoms with van der Waals surface area (Å²) < 4.78 is 0.